The van der Waals surface area contributed by atoms with E-state index in [1.807, 2.05) is 30.3 Å². The zero-order valence-corrected chi connectivity index (χ0v) is 12.3. The standard InChI is InChI=1S/C15H16FO3P/c1-18-20(17,19-2)11-14-13(9-6-10-15(14)16)12-7-4-3-5-8-12/h3-10H,11H2,1-2H3. The maximum atomic E-state index is 14.1. The average molecular weight is 294 g/mol. The molecule has 0 saturated carbocycles. The van der Waals surface area contributed by atoms with Crippen LogP contribution >= 0.6 is 7.60 Å². The minimum atomic E-state index is -3.32. The molecule has 0 amide bonds. The van der Waals surface area contributed by atoms with E-state index in [-0.39, 0.29) is 6.16 Å². The minimum absolute atomic E-state index is 0.100. The molecule has 2 rings (SSSR count). The highest BCUT2D eigenvalue weighted by Crippen LogP contribution is 2.51. The van der Waals surface area contributed by atoms with Gasteiger partial charge in [0.2, 0.25) is 0 Å². The molecule has 0 N–H and O–H groups in total. The van der Waals surface area contributed by atoms with Gasteiger partial charge < -0.3 is 9.05 Å². The van der Waals surface area contributed by atoms with E-state index in [4.69, 9.17) is 9.05 Å². The molecule has 0 saturated heterocycles. The van der Waals surface area contributed by atoms with Crippen molar-refractivity contribution in [1.29, 1.82) is 0 Å². The molecule has 0 aromatic heterocycles. The average Bonchev–Trinajstić information content (AvgIpc) is 2.50. The first-order valence-electron chi connectivity index (χ1n) is 6.13. The van der Waals surface area contributed by atoms with Gasteiger partial charge in [-0.2, -0.15) is 0 Å². The maximum absolute atomic E-state index is 14.1. The second-order valence-corrected chi connectivity index (χ2v) is 6.53. The molecule has 2 aromatic carbocycles. The van der Waals surface area contributed by atoms with Crippen LogP contribution in [-0.2, 0) is 19.8 Å². The lowest BCUT2D eigenvalue weighted by atomic mass is 10.0. The van der Waals surface area contributed by atoms with Gasteiger partial charge in [-0.25, -0.2) is 4.39 Å². The summed E-state index contributed by atoms with van der Waals surface area (Å²) in [5.41, 5.74) is 1.89. The van der Waals surface area contributed by atoms with Gasteiger partial charge in [-0.1, -0.05) is 42.5 Å². The topological polar surface area (TPSA) is 35.5 Å². The summed E-state index contributed by atoms with van der Waals surface area (Å²) in [5, 5.41) is 0. The van der Waals surface area contributed by atoms with Gasteiger partial charge in [-0.15, -0.1) is 0 Å². The highest BCUT2D eigenvalue weighted by atomic mass is 31.2. The van der Waals surface area contributed by atoms with Gasteiger partial charge in [0.25, 0.3) is 0 Å². The van der Waals surface area contributed by atoms with Crippen molar-refractivity contribution in [2.45, 2.75) is 6.16 Å². The van der Waals surface area contributed by atoms with Crippen molar-refractivity contribution in [3.05, 3.63) is 59.9 Å². The molecule has 3 nitrogen and oxygen atoms in total. The van der Waals surface area contributed by atoms with Gasteiger partial charge in [0, 0.05) is 19.8 Å². The van der Waals surface area contributed by atoms with Crippen molar-refractivity contribution in [3.8, 4) is 11.1 Å². The molecule has 0 unspecified atom stereocenters. The van der Waals surface area contributed by atoms with Crippen LogP contribution in [0.2, 0.25) is 0 Å². The highest BCUT2D eigenvalue weighted by Gasteiger charge is 2.25. The van der Waals surface area contributed by atoms with Gasteiger partial charge in [0.05, 0.1) is 6.16 Å². The maximum Gasteiger partial charge on any atom is 0.334 e. The summed E-state index contributed by atoms with van der Waals surface area (Å²) in [4.78, 5) is 0. The summed E-state index contributed by atoms with van der Waals surface area (Å²) in [6.07, 6.45) is -0.100. The summed E-state index contributed by atoms with van der Waals surface area (Å²) >= 11 is 0. The van der Waals surface area contributed by atoms with E-state index >= 15 is 0 Å². The summed E-state index contributed by atoms with van der Waals surface area (Å²) in [7, 11) is -0.720. The molecule has 0 spiro atoms. The van der Waals surface area contributed by atoms with E-state index in [2.05, 4.69) is 0 Å². The molecule has 20 heavy (non-hydrogen) atoms. The molecule has 0 fully saturated rings. The van der Waals surface area contributed by atoms with Crippen LogP contribution < -0.4 is 0 Å². The van der Waals surface area contributed by atoms with Gasteiger partial charge in [-0.05, 0) is 17.2 Å². The fraction of sp³-hybridized carbons (Fsp3) is 0.200. The first-order chi connectivity index (χ1) is 9.59. The molecule has 2 aromatic rings. The lowest BCUT2D eigenvalue weighted by Gasteiger charge is -2.16. The van der Waals surface area contributed by atoms with Crippen molar-refractivity contribution in [1.82, 2.24) is 0 Å². The SMILES string of the molecule is COP(=O)(Cc1c(F)cccc1-c1ccccc1)OC. The Morgan fingerprint density at radius 2 is 1.65 bits per heavy atom. The third kappa shape index (κ3) is 3.15. The van der Waals surface area contributed by atoms with E-state index in [1.54, 1.807) is 12.1 Å². The van der Waals surface area contributed by atoms with Crippen LogP contribution in [0, 0.1) is 5.82 Å². The molecular formula is C15H16FO3P. The number of hydrogen-bond donors (Lipinski definition) is 0. The Balaban J connectivity index is 2.50. The first kappa shape index (κ1) is 14.9. The molecule has 5 heteroatoms. The summed E-state index contributed by atoms with van der Waals surface area (Å²) < 4.78 is 36.2. The van der Waals surface area contributed by atoms with Crippen LogP contribution in [0.5, 0.6) is 0 Å². The van der Waals surface area contributed by atoms with Crippen LogP contribution in [0.15, 0.2) is 48.5 Å². The van der Waals surface area contributed by atoms with Crippen LogP contribution in [-0.4, -0.2) is 14.2 Å². The lowest BCUT2D eigenvalue weighted by molar-refractivity contribution is 0.274. The monoisotopic (exact) mass is 294 g/mol. The molecule has 0 heterocycles. The molecule has 0 radical (unpaired) electrons. The lowest BCUT2D eigenvalue weighted by Crippen LogP contribution is -1.99. The molecule has 0 aliphatic carbocycles. The predicted octanol–water partition coefficient (Wildman–Crippen LogP) is 4.48. The van der Waals surface area contributed by atoms with Crippen LogP contribution in [0.3, 0.4) is 0 Å². The molecule has 106 valence electrons. The van der Waals surface area contributed by atoms with Crippen LogP contribution in [0.1, 0.15) is 5.56 Å². The van der Waals surface area contributed by atoms with Crippen molar-refractivity contribution in [2.75, 3.05) is 14.2 Å². The Morgan fingerprint density at radius 1 is 1.00 bits per heavy atom. The van der Waals surface area contributed by atoms with Gasteiger partial charge in [0.1, 0.15) is 5.82 Å². The minimum Gasteiger partial charge on any atom is -0.312 e. The summed E-state index contributed by atoms with van der Waals surface area (Å²) in [6, 6.07) is 14.2. The molecule has 0 bridgehead atoms. The molecule has 0 aliphatic heterocycles. The zero-order valence-electron chi connectivity index (χ0n) is 11.4. The Morgan fingerprint density at radius 3 is 2.25 bits per heavy atom. The molecule has 0 aliphatic rings. The fourth-order valence-electron chi connectivity index (χ4n) is 2.00. The van der Waals surface area contributed by atoms with Gasteiger partial charge in [-0.3, -0.25) is 4.57 Å². The van der Waals surface area contributed by atoms with Crippen molar-refractivity contribution >= 4 is 7.60 Å². The quantitative estimate of drug-likeness (QED) is 0.763. The van der Waals surface area contributed by atoms with E-state index in [9.17, 15) is 8.96 Å². The largest absolute Gasteiger partial charge is 0.334 e. The Hall–Kier alpha value is -1.48. The van der Waals surface area contributed by atoms with E-state index < -0.39 is 13.4 Å². The second-order valence-electron chi connectivity index (χ2n) is 4.27. The predicted molar refractivity (Wildman–Crippen MR) is 77.2 cm³/mol. The molecule has 0 atom stereocenters. The Labute approximate surface area is 117 Å². The number of rotatable bonds is 5. The Bertz CT molecular complexity index is 620. The van der Waals surface area contributed by atoms with Gasteiger partial charge in [0.15, 0.2) is 0 Å². The zero-order chi connectivity index (χ0) is 14.6. The fourth-order valence-corrected chi connectivity index (χ4v) is 3.12. The van der Waals surface area contributed by atoms with Gasteiger partial charge >= 0.3 is 7.60 Å². The van der Waals surface area contributed by atoms with Crippen LogP contribution in [0.25, 0.3) is 11.1 Å². The summed E-state index contributed by atoms with van der Waals surface area (Å²) in [6.45, 7) is 0. The van der Waals surface area contributed by atoms with E-state index in [0.717, 1.165) is 5.56 Å². The highest BCUT2D eigenvalue weighted by molar-refractivity contribution is 7.52. The van der Waals surface area contributed by atoms with Crippen molar-refractivity contribution in [3.63, 3.8) is 0 Å². The smallest absolute Gasteiger partial charge is 0.312 e. The third-order valence-electron chi connectivity index (χ3n) is 3.11. The summed E-state index contributed by atoms with van der Waals surface area (Å²) in [5.74, 6) is -0.416. The number of benzene rings is 2. The first-order valence-corrected chi connectivity index (χ1v) is 7.86. The Kier molecular flexibility index (Phi) is 4.71. The van der Waals surface area contributed by atoms with E-state index in [0.29, 0.717) is 11.1 Å². The number of hydrogen-bond acceptors (Lipinski definition) is 3. The van der Waals surface area contributed by atoms with Crippen molar-refractivity contribution in [2.24, 2.45) is 0 Å². The second kappa shape index (κ2) is 6.31. The van der Waals surface area contributed by atoms with Crippen molar-refractivity contribution < 1.29 is 18.0 Å². The third-order valence-corrected chi connectivity index (χ3v) is 4.93. The normalized spacial score (nSPS) is 11.6. The van der Waals surface area contributed by atoms with Crippen LogP contribution in [0.4, 0.5) is 4.39 Å². The number of halogens is 1. The van der Waals surface area contributed by atoms with E-state index in [1.165, 1.54) is 20.3 Å². The molecular weight excluding hydrogens is 278 g/mol.